The molecule has 0 aromatic rings. The summed E-state index contributed by atoms with van der Waals surface area (Å²) < 4.78 is 10.1. The van der Waals surface area contributed by atoms with E-state index < -0.39 is 18.2 Å². The third-order valence-corrected chi connectivity index (χ3v) is 2.55. The van der Waals surface area contributed by atoms with E-state index in [0.29, 0.717) is 19.4 Å². The molecule has 1 heterocycles. The van der Waals surface area contributed by atoms with Crippen molar-refractivity contribution in [1.82, 2.24) is 5.32 Å². The Morgan fingerprint density at radius 2 is 2.12 bits per heavy atom. The average Bonchev–Trinajstić information content (AvgIpc) is 2.74. The molecule has 0 saturated carbocycles. The highest BCUT2D eigenvalue weighted by molar-refractivity contribution is 5.82. The third kappa shape index (κ3) is 3.46. The number of carbonyl (C=O) groups is 2. The first-order valence-corrected chi connectivity index (χ1v) is 5.23. The highest BCUT2D eigenvalue weighted by Crippen LogP contribution is 2.19. The minimum absolute atomic E-state index is 0.0689. The number of carboxylic acids is 1. The van der Waals surface area contributed by atoms with Crippen LogP contribution in [0, 0.1) is 0 Å². The summed E-state index contributed by atoms with van der Waals surface area (Å²) in [6.45, 7) is 2.22. The maximum absolute atomic E-state index is 11.5. The number of rotatable bonds is 5. The summed E-state index contributed by atoms with van der Waals surface area (Å²) >= 11 is 0. The molecule has 0 spiro atoms. The summed E-state index contributed by atoms with van der Waals surface area (Å²) in [5.41, 5.74) is 0. The number of nitrogens with one attached hydrogen (secondary N) is 1. The third-order valence-electron chi connectivity index (χ3n) is 2.55. The second kappa shape index (κ2) is 5.81. The van der Waals surface area contributed by atoms with Crippen LogP contribution in [0.1, 0.15) is 19.8 Å². The molecule has 1 fully saturated rings. The lowest BCUT2D eigenvalue weighted by Crippen LogP contribution is -2.39. The molecule has 92 valence electrons. The molecule has 0 radical (unpaired) electrons. The Morgan fingerprint density at radius 1 is 1.50 bits per heavy atom. The molecular formula is C10H17NO5. The highest BCUT2D eigenvalue weighted by atomic mass is 16.5. The van der Waals surface area contributed by atoms with Gasteiger partial charge in [-0.3, -0.25) is 4.79 Å². The van der Waals surface area contributed by atoms with Gasteiger partial charge >= 0.3 is 5.97 Å². The Balaban J connectivity index is 2.31. The van der Waals surface area contributed by atoms with E-state index >= 15 is 0 Å². The molecule has 16 heavy (non-hydrogen) atoms. The summed E-state index contributed by atoms with van der Waals surface area (Å²) in [5, 5.41) is 11.3. The normalized spacial score (nSPS) is 26.4. The maximum atomic E-state index is 11.5. The smallest absolute Gasteiger partial charge is 0.332 e. The van der Waals surface area contributed by atoms with Crippen molar-refractivity contribution in [2.45, 2.75) is 38.1 Å². The van der Waals surface area contributed by atoms with Crippen molar-refractivity contribution in [3.8, 4) is 0 Å². The van der Waals surface area contributed by atoms with Crippen molar-refractivity contribution >= 4 is 11.9 Å². The van der Waals surface area contributed by atoms with Gasteiger partial charge in [-0.25, -0.2) is 4.79 Å². The summed E-state index contributed by atoms with van der Waals surface area (Å²) in [7, 11) is 1.56. The quantitative estimate of drug-likeness (QED) is 0.682. The summed E-state index contributed by atoms with van der Waals surface area (Å²) in [4.78, 5) is 22.2. The van der Waals surface area contributed by atoms with Crippen LogP contribution in [0.15, 0.2) is 0 Å². The van der Waals surface area contributed by atoms with Crippen LogP contribution >= 0.6 is 0 Å². The molecular weight excluding hydrogens is 214 g/mol. The van der Waals surface area contributed by atoms with Crippen LogP contribution in [-0.2, 0) is 19.1 Å². The summed E-state index contributed by atoms with van der Waals surface area (Å²) in [6, 6.07) is 0. The first kappa shape index (κ1) is 12.9. The number of methoxy groups -OCH3 is 1. The molecule has 1 aliphatic rings. The van der Waals surface area contributed by atoms with Gasteiger partial charge in [0.1, 0.15) is 6.10 Å². The lowest BCUT2D eigenvalue weighted by molar-refractivity contribution is -0.151. The van der Waals surface area contributed by atoms with E-state index in [1.165, 1.54) is 0 Å². The van der Waals surface area contributed by atoms with E-state index in [1.807, 2.05) is 6.92 Å². The van der Waals surface area contributed by atoms with Crippen molar-refractivity contribution in [3.05, 3.63) is 0 Å². The number of carbonyl (C=O) groups excluding carboxylic acids is 1. The van der Waals surface area contributed by atoms with E-state index in [1.54, 1.807) is 7.11 Å². The monoisotopic (exact) mass is 231 g/mol. The molecule has 1 rings (SSSR count). The van der Waals surface area contributed by atoms with Gasteiger partial charge in [0.2, 0.25) is 5.91 Å². The average molecular weight is 231 g/mol. The van der Waals surface area contributed by atoms with Gasteiger partial charge in [-0.2, -0.15) is 0 Å². The second-order valence-electron chi connectivity index (χ2n) is 3.82. The topological polar surface area (TPSA) is 84.9 Å². The zero-order valence-corrected chi connectivity index (χ0v) is 9.43. The first-order chi connectivity index (χ1) is 7.54. The van der Waals surface area contributed by atoms with Gasteiger partial charge < -0.3 is 19.9 Å². The molecule has 3 atom stereocenters. The SMILES string of the molecule is COC(C)CNC(=O)[C@@H]1CC[C@H](C(=O)O)O1. The predicted molar refractivity (Wildman–Crippen MR) is 55.0 cm³/mol. The first-order valence-electron chi connectivity index (χ1n) is 5.23. The van der Waals surface area contributed by atoms with E-state index in [4.69, 9.17) is 14.6 Å². The highest BCUT2D eigenvalue weighted by Gasteiger charge is 2.34. The molecule has 0 aromatic heterocycles. The van der Waals surface area contributed by atoms with Crippen LogP contribution in [0.5, 0.6) is 0 Å². The van der Waals surface area contributed by atoms with Gasteiger partial charge in [0, 0.05) is 13.7 Å². The molecule has 1 saturated heterocycles. The Morgan fingerprint density at radius 3 is 2.62 bits per heavy atom. The van der Waals surface area contributed by atoms with E-state index in [-0.39, 0.29) is 12.0 Å². The van der Waals surface area contributed by atoms with Crippen LogP contribution in [0.4, 0.5) is 0 Å². The van der Waals surface area contributed by atoms with Crippen molar-refractivity contribution in [2.75, 3.05) is 13.7 Å². The number of ether oxygens (including phenoxy) is 2. The molecule has 0 bridgehead atoms. The van der Waals surface area contributed by atoms with Gasteiger partial charge in [-0.05, 0) is 19.8 Å². The zero-order valence-electron chi connectivity index (χ0n) is 9.43. The van der Waals surface area contributed by atoms with E-state index in [0.717, 1.165) is 0 Å². The molecule has 2 N–H and O–H groups in total. The largest absolute Gasteiger partial charge is 0.479 e. The van der Waals surface area contributed by atoms with Crippen LogP contribution in [0.2, 0.25) is 0 Å². The van der Waals surface area contributed by atoms with Gasteiger partial charge in [0.15, 0.2) is 6.10 Å². The van der Waals surface area contributed by atoms with Crippen molar-refractivity contribution in [3.63, 3.8) is 0 Å². The zero-order chi connectivity index (χ0) is 12.1. The van der Waals surface area contributed by atoms with Crippen molar-refractivity contribution in [2.24, 2.45) is 0 Å². The standard InChI is InChI=1S/C10H17NO5/c1-6(15-2)5-11-9(12)7-3-4-8(16-7)10(13)14/h6-8H,3-5H2,1-2H3,(H,11,12)(H,13,14)/t6?,7-,8+/m0/s1. The molecule has 0 aromatic carbocycles. The number of carboxylic acid groups (broad SMARTS) is 1. The fourth-order valence-corrected chi connectivity index (χ4v) is 1.45. The fourth-order valence-electron chi connectivity index (χ4n) is 1.45. The van der Waals surface area contributed by atoms with Gasteiger partial charge in [-0.15, -0.1) is 0 Å². The second-order valence-corrected chi connectivity index (χ2v) is 3.82. The van der Waals surface area contributed by atoms with Crippen LogP contribution in [0.3, 0.4) is 0 Å². The molecule has 6 heteroatoms. The molecule has 0 aliphatic carbocycles. The van der Waals surface area contributed by atoms with Crippen LogP contribution in [-0.4, -0.2) is 48.9 Å². The number of amides is 1. The maximum Gasteiger partial charge on any atom is 0.332 e. The molecule has 1 amide bonds. The van der Waals surface area contributed by atoms with Crippen molar-refractivity contribution < 1.29 is 24.2 Å². The Hall–Kier alpha value is -1.14. The number of hydrogen-bond acceptors (Lipinski definition) is 4. The van der Waals surface area contributed by atoms with Gasteiger partial charge in [-0.1, -0.05) is 0 Å². The van der Waals surface area contributed by atoms with Crippen molar-refractivity contribution in [1.29, 1.82) is 0 Å². The fraction of sp³-hybridized carbons (Fsp3) is 0.800. The number of aliphatic carboxylic acids is 1. The Kier molecular flexibility index (Phi) is 4.70. The minimum atomic E-state index is -1.01. The lowest BCUT2D eigenvalue weighted by atomic mass is 10.2. The summed E-state index contributed by atoms with van der Waals surface area (Å²) in [5.74, 6) is -1.28. The molecule has 1 aliphatic heterocycles. The molecule has 1 unspecified atom stereocenters. The van der Waals surface area contributed by atoms with Gasteiger partial charge in [0.05, 0.1) is 6.10 Å². The van der Waals surface area contributed by atoms with E-state index in [2.05, 4.69) is 5.32 Å². The molecule has 6 nitrogen and oxygen atoms in total. The minimum Gasteiger partial charge on any atom is -0.479 e. The Bertz CT molecular complexity index is 268. The lowest BCUT2D eigenvalue weighted by Gasteiger charge is -2.14. The Labute approximate surface area is 93.9 Å². The van der Waals surface area contributed by atoms with E-state index in [9.17, 15) is 9.59 Å². The van der Waals surface area contributed by atoms with Crippen LogP contribution < -0.4 is 5.32 Å². The van der Waals surface area contributed by atoms with Crippen LogP contribution in [0.25, 0.3) is 0 Å². The number of hydrogen-bond donors (Lipinski definition) is 2. The predicted octanol–water partition coefficient (Wildman–Crippen LogP) is -0.230. The van der Waals surface area contributed by atoms with Gasteiger partial charge in [0.25, 0.3) is 0 Å². The summed E-state index contributed by atoms with van der Waals surface area (Å²) in [6.07, 6.45) is -0.737.